The number of thioether (sulfide) groups is 1. The molecule has 0 unspecified atom stereocenters. The second kappa shape index (κ2) is 8.41. The minimum absolute atomic E-state index is 0.0592. The summed E-state index contributed by atoms with van der Waals surface area (Å²) in [6.07, 6.45) is 0. The van der Waals surface area contributed by atoms with Crippen molar-refractivity contribution in [3.05, 3.63) is 90.0 Å². The summed E-state index contributed by atoms with van der Waals surface area (Å²) < 4.78 is 5.21. The fourth-order valence-electron chi connectivity index (χ4n) is 3.26. The van der Waals surface area contributed by atoms with Crippen molar-refractivity contribution in [1.82, 2.24) is 0 Å². The smallest absolute Gasteiger partial charge is 0.255 e. The number of amides is 2. The first-order valence-electron chi connectivity index (χ1n) is 9.20. The van der Waals surface area contributed by atoms with Crippen molar-refractivity contribution < 1.29 is 14.3 Å². The number of hydrogen-bond acceptors (Lipinski definition) is 4. The normalized spacial score (nSPS) is 16.0. The molecular formula is C23H20N2O3S. The first-order valence-corrected chi connectivity index (χ1v) is 10.2. The number of nitrogens with one attached hydrogen (secondary N) is 1. The Morgan fingerprint density at radius 3 is 2.52 bits per heavy atom. The van der Waals surface area contributed by atoms with Gasteiger partial charge in [0.05, 0.1) is 12.9 Å². The number of carbonyl (C=O) groups is 2. The zero-order chi connectivity index (χ0) is 20.2. The summed E-state index contributed by atoms with van der Waals surface area (Å²) in [6, 6.07) is 24.2. The number of nitrogens with zero attached hydrogens (tertiary/aromatic N) is 1. The van der Waals surface area contributed by atoms with Crippen molar-refractivity contribution in [1.29, 1.82) is 0 Å². The van der Waals surface area contributed by atoms with Crippen molar-refractivity contribution in [3.63, 3.8) is 0 Å². The summed E-state index contributed by atoms with van der Waals surface area (Å²) in [5, 5.41) is 2.79. The Hall–Kier alpha value is -3.25. The van der Waals surface area contributed by atoms with Crippen molar-refractivity contribution in [3.8, 4) is 5.75 Å². The maximum absolute atomic E-state index is 12.6. The molecule has 1 N–H and O–H groups in total. The minimum atomic E-state index is -0.162. The Balaban J connectivity index is 1.57. The number of rotatable bonds is 5. The maximum Gasteiger partial charge on any atom is 0.255 e. The molecule has 2 amide bonds. The van der Waals surface area contributed by atoms with E-state index < -0.39 is 0 Å². The predicted molar refractivity (Wildman–Crippen MR) is 117 cm³/mol. The van der Waals surface area contributed by atoms with Gasteiger partial charge in [0, 0.05) is 16.9 Å². The molecule has 0 aliphatic carbocycles. The quantitative estimate of drug-likeness (QED) is 0.668. The molecule has 1 fully saturated rings. The molecule has 1 saturated heterocycles. The van der Waals surface area contributed by atoms with Gasteiger partial charge < -0.3 is 10.1 Å². The van der Waals surface area contributed by atoms with Crippen LogP contribution in [0.5, 0.6) is 5.75 Å². The molecule has 29 heavy (non-hydrogen) atoms. The van der Waals surface area contributed by atoms with E-state index in [0.29, 0.717) is 17.0 Å². The monoisotopic (exact) mass is 404 g/mol. The second-order valence-electron chi connectivity index (χ2n) is 6.57. The first kappa shape index (κ1) is 19.1. The van der Waals surface area contributed by atoms with Gasteiger partial charge in [-0.05, 0) is 54.1 Å². The van der Waals surface area contributed by atoms with Gasteiger partial charge in [-0.3, -0.25) is 14.5 Å². The molecule has 1 heterocycles. The minimum Gasteiger partial charge on any atom is -0.497 e. The Morgan fingerprint density at radius 2 is 1.79 bits per heavy atom. The Labute approximate surface area is 173 Å². The molecule has 5 nitrogen and oxygen atoms in total. The third-order valence-corrected chi connectivity index (χ3v) is 5.90. The molecule has 0 bridgehead atoms. The van der Waals surface area contributed by atoms with E-state index in [1.807, 2.05) is 66.7 Å². The van der Waals surface area contributed by atoms with E-state index in [1.165, 1.54) is 0 Å². The molecule has 1 atom stereocenters. The third kappa shape index (κ3) is 4.12. The molecule has 0 aromatic heterocycles. The van der Waals surface area contributed by atoms with Crippen LogP contribution in [0.2, 0.25) is 0 Å². The van der Waals surface area contributed by atoms with E-state index >= 15 is 0 Å². The second-order valence-corrected chi connectivity index (χ2v) is 7.64. The Morgan fingerprint density at radius 1 is 1.03 bits per heavy atom. The molecule has 0 spiro atoms. The van der Waals surface area contributed by atoms with E-state index in [9.17, 15) is 9.59 Å². The van der Waals surface area contributed by atoms with Crippen LogP contribution in [0, 0.1) is 0 Å². The highest BCUT2D eigenvalue weighted by Crippen LogP contribution is 2.42. The van der Waals surface area contributed by atoms with Crippen LogP contribution in [-0.4, -0.2) is 24.7 Å². The lowest BCUT2D eigenvalue weighted by atomic mass is 10.1. The van der Waals surface area contributed by atoms with E-state index in [-0.39, 0.29) is 17.2 Å². The summed E-state index contributed by atoms with van der Waals surface area (Å²) in [6.45, 7) is 0. The van der Waals surface area contributed by atoms with Gasteiger partial charge in [0.1, 0.15) is 11.1 Å². The van der Waals surface area contributed by atoms with Crippen molar-refractivity contribution in [2.45, 2.75) is 5.37 Å². The van der Waals surface area contributed by atoms with Crippen LogP contribution in [0.25, 0.3) is 0 Å². The van der Waals surface area contributed by atoms with Crippen LogP contribution in [0.4, 0.5) is 11.4 Å². The molecule has 0 radical (unpaired) electrons. The van der Waals surface area contributed by atoms with Gasteiger partial charge in [0.2, 0.25) is 5.91 Å². The van der Waals surface area contributed by atoms with Crippen molar-refractivity contribution in [2.24, 2.45) is 0 Å². The van der Waals surface area contributed by atoms with Gasteiger partial charge in [-0.1, -0.05) is 30.3 Å². The molecule has 3 aromatic rings. The topological polar surface area (TPSA) is 58.6 Å². The van der Waals surface area contributed by atoms with Gasteiger partial charge in [0.25, 0.3) is 5.91 Å². The van der Waals surface area contributed by atoms with Gasteiger partial charge in [-0.15, -0.1) is 11.8 Å². The molecule has 146 valence electrons. The zero-order valence-corrected chi connectivity index (χ0v) is 16.7. The highest BCUT2D eigenvalue weighted by molar-refractivity contribution is 8.00. The summed E-state index contributed by atoms with van der Waals surface area (Å²) in [4.78, 5) is 26.8. The summed E-state index contributed by atoms with van der Waals surface area (Å²) in [7, 11) is 1.61. The fraction of sp³-hybridized carbons (Fsp3) is 0.130. The summed E-state index contributed by atoms with van der Waals surface area (Å²) in [5.74, 6) is 1.06. The number of hydrogen-bond donors (Lipinski definition) is 1. The van der Waals surface area contributed by atoms with Crippen LogP contribution in [-0.2, 0) is 4.79 Å². The lowest BCUT2D eigenvalue weighted by molar-refractivity contribution is -0.115. The van der Waals surface area contributed by atoms with Crippen LogP contribution in [0.15, 0.2) is 78.9 Å². The molecule has 0 saturated carbocycles. The van der Waals surface area contributed by atoms with Gasteiger partial charge in [-0.25, -0.2) is 0 Å². The van der Waals surface area contributed by atoms with E-state index in [4.69, 9.17) is 4.74 Å². The molecule has 1 aliphatic rings. The third-order valence-electron chi connectivity index (χ3n) is 4.68. The number of carbonyl (C=O) groups excluding carboxylic acids is 2. The first-order chi connectivity index (χ1) is 14.2. The number of methoxy groups -OCH3 is 1. The van der Waals surface area contributed by atoms with Crippen LogP contribution >= 0.6 is 11.8 Å². The van der Waals surface area contributed by atoms with Crippen molar-refractivity contribution in [2.75, 3.05) is 23.1 Å². The molecular weight excluding hydrogens is 384 g/mol. The van der Waals surface area contributed by atoms with Crippen molar-refractivity contribution >= 4 is 35.0 Å². The van der Waals surface area contributed by atoms with Crippen LogP contribution < -0.4 is 15.0 Å². The van der Waals surface area contributed by atoms with Gasteiger partial charge in [0.15, 0.2) is 0 Å². The molecule has 6 heteroatoms. The summed E-state index contributed by atoms with van der Waals surface area (Å²) in [5.41, 5.74) is 3.08. The maximum atomic E-state index is 12.6. The lowest BCUT2D eigenvalue weighted by Crippen LogP contribution is -2.27. The standard InChI is InChI=1S/C23H20N2O3S/c1-28-20-12-10-19(11-13-20)25-21(26)15-29-23(25)17-8-5-9-18(14-17)24-22(27)16-6-3-2-4-7-16/h2-14,23H,15H2,1H3,(H,24,27)/t23-/m0/s1. The molecule has 4 rings (SSSR count). The highest BCUT2D eigenvalue weighted by atomic mass is 32.2. The van der Waals surface area contributed by atoms with E-state index in [0.717, 1.165) is 17.0 Å². The van der Waals surface area contributed by atoms with E-state index in [1.54, 1.807) is 35.9 Å². The average molecular weight is 404 g/mol. The fourth-order valence-corrected chi connectivity index (χ4v) is 4.42. The van der Waals surface area contributed by atoms with Gasteiger partial charge in [-0.2, -0.15) is 0 Å². The van der Waals surface area contributed by atoms with Crippen LogP contribution in [0.3, 0.4) is 0 Å². The SMILES string of the molecule is COc1ccc(N2C(=O)CS[C@H]2c2cccc(NC(=O)c3ccccc3)c2)cc1. The largest absolute Gasteiger partial charge is 0.497 e. The highest BCUT2D eigenvalue weighted by Gasteiger charge is 2.34. The summed E-state index contributed by atoms with van der Waals surface area (Å²) >= 11 is 1.57. The predicted octanol–water partition coefficient (Wildman–Crippen LogP) is 4.73. The number of benzene rings is 3. The lowest BCUT2D eigenvalue weighted by Gasteiger charge is -2.25. The number of ether oxygens (including phenoxy) is 1. The molecule has 1 aliphatic heterocycles. The zero-order valence-electron chi connectivity index (χ0n) is 15.9. The Kier molecular flexibility index (Phi) is 5.53. The average Bonchev–Trinajstić information content (AvgIpc) is 3.16. The van der Waals surface area contributed by atoms with E-state index in [2.05, 4.69) is 5.32 Å². The van der Waals surface area contributed by atoms with Gasteiger partial charge >= 0.3 is 0 Å². The van der Waals surface area contributed by atoms with Crippen LogP contribution in [0.1, 0.15) is 21.3 Å². The number of anilines is 2. The molecule has 3 aromatic carbocycles. The Bertz CT molecular complexity index is 1020.